The van der Waals surface area contributed by atoms with Crippen molar-refractivity contribution in [2.24, 2.45) is 5.92 Å². The normalized spacial score (nSPS) is 19.8. The van der Waals surface area contributed by atoms with Crippen molar-refractivity contribution in [3.63, 3.8) is 0 Å². The summed E-state index contributed by atoms with van der Waals surface area (Å²) in [5, 5.41) is 6.91. The van der Waals surface area contributed by atoms with Crippen LogP contribution in [0.5, 0.6) is 0 Å². The molecule has 4 rings (SSSR count). The van der Waals surface area contributed by atoms with Crippen molar-refractivity contribution in [3.05, 3.63) is 41.6 Å². The Balaban J connectivity index is 1.46. The van der Waals surface area contributed by atoms with Crippen LogP contribution in [-0.4, -0.2) is 43.4 Å². The third kappa shape index (κ3) is 5.26. The van der Waals surface area contributed by atoms with E-state index in [0.717, 1.165) is 62.3 Å². The maximum atomic E-state index is 12.3. The van der Waals surface area contributed by atoms with Crippen LogP contribution < -0.4 is 10.6 Å². The van der Waals surface area contributed by atoms with E-state index in [1.165, 1.54) is 0 Å². The average molecular weight is 416 g/mol. The number of carbonyl (C=O) groups excluding carboxylic acids is 1. The van der Waals surface area contributed by atoms with Gasteiger partial charge >= 0.3 is 0 Å². The van der Waals surface area contributed by atoms with E-state index >= 15 is 0 Å². The molecule has 2 fully saturated rings. The minimum absolute atomic E-state index is 0.157. The molecule has 2 aliphatic heterocycles. The summed E-state index contributed by atoms with van der Waals surface area (Å²) in [5.74, 6) is 0.956. The van der Waals surface area contributed by atoms with Gasteiger partial charge < -0.3 is 20.1 Å². The molecule has 7 heteroatoms. The smallest absolute Gasteiger partial charge is 0.254 e. The van der Waals surface area contributed by atoms with E-state index in [0.29, 0.717) is 23.4 Å². The van der Waals surface area contributed by atoms with Crippen LogP contribution >= 0.6 is 11.6 Å². The first kappa shape index (κ1) is 20.1. The third-order valence-electron chi connectivity index (χ3n) is 5.44. The minimum atomic E-state index is -0.395. The van der Waals surface area contributed by atoms with E-state index in [1.807, 2.05) is 18.2 Å². The molecular weight excluding hydrogens is 390 g/mol. The number of halogens is 1. The van der Waals surface area contributed by atoms with Crippen LogP contribution in [0.3, 0.4) is 0 Å². The summed E-state index contributed by atoms with van der Waals surface area (Å²) in [7, 11) is 0. The fourth-order valence-electron chi connectivity index (χ4n) is 3.73. The van der Waals surface area contributed by atoms with Crippen LogP contribution in [-0.2, 0) is 14.3 Å². The zero-order chi connectivity index (χ0) is 20.1. The molecule has 3 heterocycles. The molecule has 2 saturated heterocycles. The quantitative estimate of drug-likeness (QED) is 0.733. The zero-order valence-electron chi connectivity index (χ0n) is 16.3. The summed E-state index contributed by atoms with van der Waals surface area (Å²) < 4.78 is 10.9. The van der Waals surface area contributed by atoms with Crippen molar-refractivity contribution < 1.29 is 14.3 Å². The molecule has 0 aliphatic carbocycles. The molecule has 2 aliphatic rings. The van der Waals surface area contributed by atoms with Crippen LogP contribution in [0.4, 0.5) is 11.5 Å². The maximum absolute atomic E-state index is 12.3. The Hall–Kier alpha value is -2.15. The van der Waals surface area contributed by atoms with Gasteiger partial charge in [0, 0.05) is 43.8 Å². The fraction of sp³-hybridized carbons (Fsp3) is 0.455. The van der Waals surface area contributed by atoms with Gasteiger partial charge in [-0.05, 0) is 55.4 Å². The van der Waals surface area contributed by atoms with E-state index in [1.54, 1.807) is 6.20 Å². The highest BCUT2D eigenvalue weighted by molar-refractivity contribution is 6.33. The van der Waals surface area contributed by atoms with E-state index in [4.69, 9.17) is 21.1 Å². The van der Waals surface area contributed by atoms with E-state index in [9.17, 15) is 4.79 Å². The monoisotopic (exact) mass is 415 g/mol. The number of hydrogen-bond donors (Lipinski definition) is 2. The van der Waals surface area contributed by atoms with Crippen LogP contribution in [0.2, 0.25) is 5.02 Å². The predicted molar refractivity (Wildman–Crippen MR) is 114 cm³/mol. The number of aromatic nitrogens is 1. The van der Waals surface area contributed by atoms with Gasteiger partial charge in [-0.1, -0.05) is 23.7 Å². The molecule has 154 valence electrons. The Morgan fingerprint density at radius 1 is 1.17 bits per heavy atom. The molecule has 6 nitrogen and oxygen atoms in total. The lowest BCUT2D eigenvalue weighted by Crippen LogP contribution is -2.27. The van der Waals surface area contributed by atoms with Gasteiger partial charge in [0.15, 0.2) is 0 Å². The molecule has 1 amide bonds. The Bertz CT molecular complexity index is 849. The highest BCUT2D eigenvalue weighted by Crippen LogP contribution is 2.31. The topological polar surface area (TPSA) is 72.5 Å². The maximum Gasteiger partial charge on any atom is 0.254 e. The first-order valence-electron chi connectivity index (χ1n) is 10.2. The number of rotatable bonds is 6. The lowest BCUT2D eigenvalue weighted by atomic mass is 10.00. The van der Waals surface area contributed by atoms with Crippen molar-refractivity contribution in [2.45, 2.75) is 31.8 Å². The second-order valence-corrected chi connectivity index (χ2v) is 7.96. The molecule has 0 radical (unpaired) electrons. The van der Waals surface area contributed by atoms with Gasteiger partial charge in [-0.3, -0.25) is 4.79 Å². The highest BCUT2D eigenvalue weighted by atomic mass is 35.5. The number of benzene rings is 1. The predicted octanol–water partition coefficient (Wildman–Crippen LogP) is 4.36. The summed E-state index contributed by atoms with van der Waals surface area (Å²) in [6, 6.07) is 9.95. The van der Waals surface area contributed by atoms with Crippen LogP contribution in [0.25, 0.3) is 11.1 Å². The largest absolute Gasteiger partial charge is 0.385 e. The molecular formula is C22H26ClN3O3. The number of nitrogens with zero attached hydrogens (tertiary/aromatic N) is 1. The zero-order valence-corrected chi connectivity index (χ0v) is 17.1. The number of anilines is 2. The average Bonchev–Trinajstić information content (AvgIpc) is 3.30. The van der Waals surface area contributed by atoms with Gasteiger partial charge in [0.05, 0.1) is 5.02 Å². The molecule has 2 aromatic rings. The lowest BCUT2D eigenvalue weighted by Gasteiger charge is -2.22. The van der Waals surface area contributed by atoms with Gasteiger partial charge in [-0.15, -0.1) is 0 Å². The Morgan fingerprint density at radius 3 is 2.83 bits per heavy atom. The van der Waals surface area contributed by atoms with Gasteiger partial charge in [0.1, 0.15) is 11.9 Å². The molecule has 29 heavy (non-hydrogen) atoms. The van der Waals surface area contributed by atoms with E-state index in [-0.39, 0.29) is 5.91 Å². The molecule has 1 unspecified atom stereocenters. The number of hydrogen-bond acceptors (Lipinski definition) is 5. The fourth-order valence-corrected chi connectivity index (χ4v) is 3.94. The summed E-state index contributed by atoms with van der Waals surface area (Å²) in [6.45, 7) is 3.25. The first-order chi connectivity index (χ1) is 14.2. The summed E-state index contributed by atoms with van der Waals surface area (Å²) >= 11 is 6.41. The van der Waals surface area contributed by atoms with Gasteiger partial charge in [0.2, 0.25) is 0 Å². The van der Waals surface area contributed by atoms with Crippen LogP contribution in [0.15, 0.2) is 36.5 Å². The Labute approximate surface area is 176 Å². The van der Waals surface area contributed by atoms with Gasteiger partial charge in [0.25, 0.3) is 5.91 Å². The molecule has 1 aromatic carbocycles. The highest BCUT2D eigenvalue weighted by Gasteiger charge is 2.24. The first-order valence-corrected chi connectivity index (χ1v) is 10.6. The van der Waals surface area contributed by atoms with E-state index < -0.39 is 6.10 Å². The van der Waals surface area contributed by atoms with Crippen LogP contribution in [0, 0.1) is 5.92 Å². The molecule has 1 aromatic heterocycles. The van der Waals surface area contributed by atoms with Gasteiger partial charge in [-0.25, -0.2) is 4.98 Å². The number of carbonyl (C=O) groups is 1. The van der Waals surface area contributed by atoms with Crippen molar-refractivity contribution >= 4 is 29.0 Å². The third-order valence-corrected chi connectivity index (χ3v) is 5.74. The lowest BCUT2D eigenvalue weighted by molar-refractivity contribution is -0.124. The van der Waals surface area contributed by atoms with Gasteiger partial charge in [-0.2, -0.15) is 0 Å². The number of pyridine rings is 1. The molecule has 0 saturated carbocycles. The van der Waals surface area contributed by atoms with Crippen molar-refractivity contribution in [2.75, 3.05) is 37.0 Å². The minimum Gasteiger partial charge on any atom is -0.385 e. The van der Waals surface area contributed by atoms with Crippen molar-refractivity contribution in [3.8, 4) is 11.1 Å². The van der Waals surface area contributed by atoms with Crippen molar-refractivity contribution in [1.29, 1.82) is 0 Å². The number of amides is 1. The summed E-state index contributed by atoms with van der Waals surface area (Å²) in [5.41, 5.74) is 2.85. The molecule has 1 atom stereocenters. The SMILES string of the molecule is O=C(Nc1cc(-c2cccc(NCC3CCOCC3)c2)c(Cl)cn1)C1CCCO1. The second kappa shape index (κ2) is 9.57. The molecule has 0 spiro atoms. The second-order valence-electron chi connectivity index (χ2n) is 7.56. The Morgan fingerprint density at radius 2 is 2.03 bits per heavy atom. The summed E-state index contributed by atoms with van der Waals surface area (Å²) in [6.07, 6.45) is 5.02. The van der Waals surface area contributed by atoms with E-state index in [2.05, 4.69) is 27.8 Å². The van der Waals surface area contributed by atoms with Crippen molar-refractivity contribution in [1.82, 2.24) is 4.98 Å². The number of nitrogens with one attached hydrogen (secondary N) is 2. The standard InChI is InChI=1S/C22H26ClN3O3/c23-19-14-25-21(26-22(27)20-5-2-8-29-20)12-18(19)16-3-1-4-17(11-16)24-13-15-6-9-28-10-7-15/h1,3-4,11-12,14-15,20,24H,2,5-10,13H2,(H,25,26,27). The Kier molecular flexibility index (Phi) is 6.64. The van der Waals surface area contributed by atoms with Crippen LogP contribution in [0.1, 0.15) is 25.7 Å². The number of ether oxygens (including phenoxy) is 2. The molecule has 2 N–H and O–H groups in total. The molecule has 0 bridgehead atoms. The summed E-state index contributed by atoms with van der Waals surface area (Å²) in [4.78, 5) is 16.6.